The number of hydrogen-bond acceptors (Lipinski definition) is 1. The number of rotatable bonds is 2. The Bertz CT molecular complexity index is 420. The minimum atomic E-state index is 0.134. The third-order valence-corrected chi connectivity index (χ3v) is 2.33. The average Bonchev–Trinajstić information content (AvgIpc) is 2.73. The van der Waals surface area contributed by atoms with Crippen molar-refractivity contribution in [2.24, 2.45) is 0 Å². The number of imidazole rings is 1. The van der Waals surface area contributed by atoms with Gasteiger partial charge in [0.2, 0.25) is 6.33 Å². The Kier molecular flexibility index (Phi) is 2.34. The molecule has 80 valence electrons. The first-order valence-corrected chi connectivity index (χ1v) is 5.11. The summed E-state index contributed by atoms with van der Waals surface area (Å²) in [5.74, 6) is 0. The van der Waals surface area contributed by atoms with Gasteiger partial charge in [-0.25, -0.2) is 13.8 Å². The molecule has 0 atom stereocenters. The second-order valence-corrected chi connectivity index (χ2v) is 4.69. The molecule has 2 aromatic rings. The van der Waals surface area contributed by atoms with Gasteiger partial charge in [0.25, 0.3) is 0 Å². The van der Waals surface area contributed by atoms with Gasteiger partial charge < -0.3 is 0 Å². The monoisotopic (exact) mass is 205 g/mol. The first-order chi connectivity index (χ1) is 7.05. The summed E-state index contributed by atoms with van der Waals surface area (Å²) in [6.45, 7) is 7.32. The molecule has 0 saturated carbocycles. The van der Waals surface area contributed by atoms with E-state index in [4.69, 9.17) is 0 Å². The molecule has 4 heteroatoms. The van der Waals surface area contributed by atoms with Gasteiger partial charge in [-0.2, -0.15) is 5.10 Å². The lowest BCUT2D eigenvalue weighted by molar-refractivity contribution is -0.702. The SMILES string of the molecule is CC(C)(C)n1cc[n+](Cn2cccn2)c1. The van der Waals surface area contributed by atoms with Gasteiger partial charge in [-0.3, -0.25) is 0 Å². The Balaban J connectivity index is 2.15. The average molecular weight is 205 g/mol. The topological polar surface area (TPSA) is 26.6 Å². The summed E-state index contributed by atoms with van der Waals surface area (Å²) >= 11 is 0. The van der Waals surface area contributed by atoms with E-state index in [9.17, 15) is 0 Å². The van der Waals surface area contributed by atoms with E-state index in [2.05, 4.69) is 53.7 Å². The largest absolute Gasteiger partial charge is 0.245 e. The molecular formula is C11H17N4+. The zero-order valence-corrected chi connectivity index (χ0v) is 9.46. The van der Waals surface area contributed by atoms with Crippen LogP contribution in [-0.4, -0.2) is 14.3 Å². The van der Waals surface area contributed by atoms with E-state index in [1.165, 1.54) is 0 Å². The van der Waals surface area contributed by atoms with Crippen LogP contribution < -0.4 is 4.57 Å². The van der Waals surface area contributed by atoms with Crippen LogP contribution >= 0.6 is 0 Å². The Morgan fingerprint density at radius 1 is 1.27 bits per heavy atom. The molecule has 0 unspecified atom stereocenters. The summed E-state index contributed by atoms with van der Waals surface area (Å²) in [5.41, 5.74) is 0.134. The highest BCUT2D eigenvalue weighted by molar-refractivity contribution is 4.79. The van der Waals surface area contributed by atoms with Crippen LogP contribution in [0.2, 0.25) is 0 Å². The van der Waals surface area contributed by atoms with E-state index < -0.39 is 0 Å². The predicted octanol–water partition coefficient (Wildman–Crippen LogP) is 1.23. The highest BCUT2D eigenvalue weighted by Crippen LogP contribution is 2.10. The van der Waals surface area contributed by atoms with Gasteiger partial charge in [0, 0.05) is 12.4 Å². The Labute approximate surface area is 89.8 Å². The van der Waals surface area contributed by atoms with E-state index in [1.807, 2.05) is 16.9 Å². The zero-order chi connectivity index (χ0) is 10.9. The molecule has 0 bridgehead atoms. The van der Waals surface area contributed by atoms with Crippen molar-refractivity contribution in [1.82, 2.24) is 14.3 Å². The zero-order valence-electron chi connectivity index (χ0n) is 9.46. The molecule has 15 heavy (non-hydrogen) atoms. The quantitative estimate of drug-likeness (QED) is 0.677. The smallest absolute Gasteiger partial charge is 0.233 e. The lowest BCUT2D eigenvalue weighted by atomic mass is 10.1. The van der Waals surface area contributed by atoms with Crippen molar-refractivity contribution in [2.75, 3.05) is 0 Å². The highest BCUT2D eigenvalue weighted by atomic mass is 15.3. The van der Waals surface area contributed by atoms with E-state index in [1.54, 1.807) is 6.20 Å². The van der Waals surface area contributed by atoms with Crippen molar-refractivity contribution in [2.45, 2.75) is 33.0 Å². The maximum absolute atomic E-state index is 4.17. The summed E-state index contributed by atoms with van der Waals surface area (Å²) in [7, 11) is 0. The third-order valence-electron chi connectivity index (χ3n) is 2.33. The van der Waals surface area contributed by atoms with Crippen LogP contribution in [0, 0.1) is 0 Å². The lowest BCUT2D eigenvalue weighted by Crippen LogP contribution is -2.36. The van der Waals surface area contributed by atoms with Crippen LogP contribution in [0.5, 0.6) is 0 Å². The fraction of sp³-hybridized carbons (Fsp3) is 0.455. The minimum absolute atomic E-state index is 0.134. The van der Waals surface area contributed by atoms with Crippen LogP contribution in [0.3, 0.4) is 0 Å². The molecule has 0 radical (unpaired) electrons. The summed E-state index contributed by atoms with van der Waals surface area (Å²) < 4.78 is 6.20. The molecule has 0 aromatic carbocycles. The molecule has 2 rings (SSSR count). The molecule has 0 N–H and O–H groups in total. The molecule has 2 aromatic heterocycles. The summed E-state index contributed by atoms with van der Waals surface area (Å²) in [4.78, 5) is 0. The first-order valence-electron chi connectivity index (χ1n) is 5.11. The van der Waals surface area contributed by atoms with E-state index in [0.717, 1.165) is 6.67 Å². The van der Waals surface area contributed by atoms with Crippen molar-refractivity contribution in [3.05, 3.63) is 37.2 Å². The van der Waals surface area contributed by atoms with Gasteiger partial charge in [0.1, 0.15) is 17.9 Å². The second kappa shape index (κ2) is 3.53. The summed E-state index contributed by atoms with van der Waals surface area (Å²) in [6, 6.07) is 1.93. The van der Waals surface area contributed by atoms with Crippen molar-refractivity contribution in [1.29, 1.82) is 0 Å². The molecule has 4 nitrogen and oxygen atoms in total. The minimum Gasteiger partial charge on any atom is -0.233 e. The maximum Gasteiger partial charge on any atom is 0.245 e. The summed E-state index contributed by atoms with van der Waals surface area (Å²) in [6.07, 6.45) is 10.0. The lowest BCUT2D eigenvalue weighted by Gasteiger charge is -2.13. The van der Waals surface area contributed by atoms with Crippen molar-refractivity contribution in [3.8, 4) is 0 Å². The highest BCUT2D eigenvalue weighted by Gasteiger charge is 2.18. The molecule has 0 aliphatic carbocycles. The first kappa shape index (κ1) is 9.96. The molecule has 0 amide bonds. The number of nitrogens with zero attached hydrogens (tertiary/aromatic N) is 4. The van der Waals surface area contributed by atoms with E-state index >= 15 is 0 Å². The van der Waals surface area contributed by atoms with Gasteiger partial charge in [-0.15, -0.1) is 0 Å². The van der Waals surface area contributed by atoms with E-state index in [-0.39, 0.29) is 5.54 Å². The van der Waals surface area contributed by atoms with E-state index in [0.29, 0.717) is 0 Å². The van der Waals surface area contributed by atoms with Crippen molar-refractivity contribution < 1.29 is 4.57 Å². The molecule has 0 aliphatic heterocycles. The van der Waals surface area contributed by atoms with Gasteiger partial charge in [-0.05, 0) is 26.8 Å². The van der Waals surface area contributed by atoms with Crippen molar-refractivity contribution >= 4 is 0 Å². The predicted molar refractivity (Wildman–Crippen MR) is 57.2 cm³/mol. The Morgan fingerprint density at radius 3 is 2.60 bits per heavy atom. The fourth-order valence-corrected chi connectivity index (χ4v) is 1.43. The Hall–Kier alpha value is -1.58. The maximum atomic E-state index is 4.17. The normalized spacial score (nSPS) is 11.9. The van der Waals surface area contributed by atoms with Crippen molar-refractivity contribution in [3.63, 3.8) is 0 Å². The number of aromatic nitrogens is 4. The van der Waals surface area contributed by atoms with Gasteiger partial charge in [-0.1, -0.05) is 0 Å². The molecular weight excluding hydrogens is 188 g/mol. The van der Waals surface area contributed by atoms with Crippen LogP contribution in [0.4, 0.5) is 0 Å². The van der Waals surface area contributed by atoms with Crippen LogP contribution in [0.25, 0.3) is 0 Å². The standard InChI is InChI=1S/C11H17N4/c1-11(2,3)14-8-7-13(9-14)10-15-6-4-5-12-15/h4-9H,10H2,1-3H3/q+1. The van der Waals surface area contributed by atoms with Crippen LogP contribution in [0.1, 0.15) is 20.8 Å². The summed E-state index contributed by atoms with van der Waals surface area (Å²) in [5, 5.41) is 4.17. The Morgan fingerprint density at radius 2 is 2.07 bits per heavy atom. The third kappa shape index (κ3) is 2.26. The van der Waals surface area contributed by atoms with Crippen LogP contribution in [0.15, 0.2) is 37.2 Å². The van der Waals surface area contributed by atoms with Gasteiger partial charge in [0.15, 0.2) is 6.67 Å². The van der Waals surface area contributed by atoms with Gasteiger partial charge >= 0.3 is 0 Å². The molecule has 0 saturated heterocycles. The second-order valence-electron chi connectivity index (χ2n) is 4.69. The molecule has 2 heterocycles. The molecule has 0 aliphatic rings. The van der Waals surface area contributed by atoms with Crippen LogP contribution in [-0.2, 0) is 12.2 Å². The molecule has 0 spiro atoms. The molecule has 0 fully saturated rings. The number of hydrogen-bond donors (Lipinski definition) is 0. The van der Waals surface area contributed by atoms with Gasteiger partial charge in [0.05, 0.1) is 0 Å². The fourth-order valence-electron chi connectivity index (χ4n) is 1.43.